The monoisotopic (exact) mass is 367 g/mol. The van der Waals surface area contributed by atoms with Crippen molar-refractivity contribution in [3.63, 3.8) is 0 Å². The van der Waals surface area contributed by atoms with Gasteiger partial charge in [0.15, 0.2) is 0 Å². The second kappa shape index (κ2) is 8.26. The van der Waals surface area contributed by atoms with Crippen molar-refractivity contribution in [3.05, 3.63) is 65.0 Å². The molecule has 26 heavy (non-hydrogen) atoms. The molecule has 0 aliphatic heterocycles. The number of ether oxygens (including phenoxy) is 1. The molecule has 1 aromatic heterocycles. The third-order valence-corrected chi connectivity index (χ3v) is 4.65. The Bertz CT molecular complexity index is 948. The van der Waals surface area contributed by atoms with Gasteiger partial charge in [0, 0.05) is 26.6 Å². The molecule has 6 nitrogen and oxygen atoms in total. The molecule has 0 spiro atoms. The highest BCUT2D eigenvalue weighted by molar-refractivity contribution is 7.17. The average molecular weight is 367 g/mol. The number of hydrogen-bond acceptors (Lipinski definition) is 5. The summed E-state index contributed by atoms with van der Waals surface area (Å²) in [5, 5.41) is 9.56. The molecule has 0 aliphatic rings. The smallest absolute Gasteiger partial charge is 0.259 e. The Kier molecular flexibility index (Phi) is 5.60. The molecule has 0 atom stereocenters. The number of thiophene rings is 1. The van der Waals surface area contributed by atoms with Crippen LogP contribution in [-0.4, -0.2) is 31.7 Å². The Hall–Kier alpha value is -3.19. The summed E-state index contributed by atoms with van der Waals surface area (Å²) >= 11 is 1.62. The van der Waals surface area contributed by atoms with Crippen LogP contribution < -0.4 is 15.5 Å². The summed E-state index contributed by atoms with van der Waals surface area (Å²) in [6.07, 6.45) is 1.60. The Labute approximate surface area is 154 Å². The molecule has 0 bridgehead atoms. The van der Waals surface area contributed by atoms with Crippen LogP contribution in [-0.2, 0) is 4.79 Å². The van der Waals surface area contributed by atoms with Crippen molar-refractivity contribution in [2.75, 3.05) is 13.7 Å². The zero-order chi connectivity index (χ0) is 18.4. The number of carbonyl (C=O) groups is 2. The van der Waals surface area contributed by atoms with E-state index in [4.69, 9.17) is 4.74 Å². The predicted molar refractivity (Wildman–Crippen MR) is 103 cm³/mol. The molecule has 2 aromatic carbocycles. The summed E-state index contributed by atoms with van der Waals surface area (Å²) in [7, 11) is 1.55. The minimum atomic E-state index is -0.400. The summed E-state index contributed by atoms with van der Waals surface area (Å²) < 4.78 is 6.20. The van der Waals surface area contributed by atoms with E-state index < -0.39 is 5.91 Å². The molecule has 7 heteroatoms. The molecule has 0 aliphatic carbocycles. The van der Waals surface area contributed by atoms with Crippen LogP contribution in [0.5, 0.6) is 5.75 Å². The fourth-order valence-electron chi connectivity index (χ4n) is 2.32. The van der Waals surface area contributed by atoms with Crippen LogP contribution in [0.15, 0.2) is 59.0 Å². The summed E-state index contributed by atoms with van der Waals surface area (Å²) in [5.41, 5.74) is 3.80. The van der Waals surface area contributed by atoms with Crippen LogP contribution in [0.2, 0.25) is 0 Å². The van der Waals surface area contributed by atoms with Gasteiger partial charge >= 0.3 is 0 Å². The summed E-state index contributed by atoms with van der Waals surface area (Å²) in [6.45, 7) is -0.160. The van der Waals surface area contributed by atoms with Gasteiger partial charge in [0.25, 0.3) is 11.8 Å². The molecular weight excluding hydrogens is 350 g/mol. The Morgan fingerprint density at radius 1 is 1.15 bits per heavy atom. The van der Waals surface area contributed by atoms with E-state index in [2.05, 4.69) is 15.8 Å². The molecule has 3 aromatic rings. The molecule has 0 unspecified atom stereocenters. The van der Waals surface area contributed by atoms with Crippen LogP contribution in [0.4, 0.5) is 0 Å². The van der Waals surface area contributed by atoms with Gasteiger partial charge in [0.05, 0.1) is 19.9 Å². The first kappa shape index (κ1) is 17.6. The van der Waals surface area contributed by atoms with Gasteiger partial charge in [-0.1, -0.05) is 18.2 Å². The Morgan fingerprint density at radius 2 is 1.92 bits per heavy atom. The first-order chi connectivity index (χ1) is 12.7. The van der Waals surface area contributed by atoms with Crippen molar-refractivity contribution < 1.29 is 14.3 Å². The van der Waals surface area contributed by atoms with E-state index >= 15 is 0 Å². The van der Waals surface area contributed by atoms with Gasteiger partial charge in [-0.25, -0.2) is 5.43 Å². The van der Waals surface area contributed by atoms with Crippen molar-refractivity contribution >= 4 is 39.5 Å². The van der Waals surface area contributed by atoms with Crippen LogP contribution in [0.25, 0.3) is 10.1 Å². The molecule has 0 saturated carbocycles. The van der Waals surface area contributed by atoms with E-state index in [1.54, 1.807) is 48.9 Å². The number of rotatable bonds is 6. The number of benzene rings is 2. The number of fused-ring (bicyclic) bond motifs is 1. The van der Waals surface area contributed by atoms with Crippen LogP contribution in [0, 0.1) is 0 Å². The molecule has 1 heterocycles. The standard InChI is InChI=1S/C19H17N3O3S/c1-25-15-8-6-13(7-9-15)19(24)20-11-18(23)22-21-10-14-12-26-17-5-3-2-4-16(14)17/h2-10,12H,11H2,1H3,(H,20,24)(H,22,23). The second-order valence-corrected chi connectivity index (χ2v) is 6.30. The number of amides is 2. The van der Waals surface area contributed by atoms with E-state index in [0.29, 0.717) is 11.3 Å². The average Bonchev–Trinajstić information content (AvgIpc) is 3.09. The number of methoxy groups -OCH3 is 1. The third kappa shape index (κ3) is 4.25. The quantitative estimate of drug-likeness (QED) is 0.519. The van der Waals surface area contributed by atoms with Crippen molar-refractivity contribution in [2.45, 2.75) is 0 Å². The molecule has 2 amide bonds. The maximum absolute atomic E-state index is 12.0. The number of carbonyl (C=O) groups excluding carboxylic acids is 2. The zero-order valence-electron chi connectivity index (χ0n) is 14.1. The van der Waals surface area contributed by atoms with Crippen LogP contribution >= 0.6 is 11.3 Å². The Balaban J connectivity index is 1.50. The normalized spacial score (nSPS) is 10.8. The second-order valence-electron chi connectivity index (χ2n) is 5.39. The van der Waals surface area contributed by atoms with Crippen molar-refractivity contribution in [2.24, 2.45) is 5.10 Å². The van der Waals surface area contributed by atoms with Crippen LogP contribution in [0.3, 0.4) is 0 Å². The van der Waals surface area contributed by atoms with E-state index in [-0.39, 0.29) is 12.5 Å². The first-order valence-electron chi connectivity index (χ1n) is 7.88. The summed E-state index contributed by atoms with van der Waals surface area (Å²) in [4.78, 5) is 23.8. The molecule has 132 valence electrons. The van der Waals surface area contributed by atoms with Gasteiger partial charge in [-0.05, 0) is 30.3 Å². The lowest BCUT2D eigenvalue weighted by molar-refractivity contribution is -0.120. The van der Waals surface area contributed by atoms with E-state index in [1.807, 2.05) is 29.6 Å². The number of nitrogens with zero attached hydrogens (tertiary/aromatic N) is 1. The van der Waals surface area contributed by atoms with Crippen molar-refractivity contribution in [1.29, 1.82) is 0 Å². The number of hydrazone groups is 1. The van der Waals surface area contributed by atoms with E-state index in [9.17, 15) is 9.59 Å². The highest BCUT2D eigenvalue weighted by atomic mass is 32.1. The molecular formula is C19H17N3O3S. The third-order valence-electron chi connectivity index (χ3n) is 3.67. The lowest BCUT2D eigenvalue weighted by atomic mass is 10.2. The van der Waals surface area contributed by atoms with Gasteiger partial charge in [-0.2, -0.15) is 5.10 Å². The molecule has 2 N–H and O–H groups in total. The van der Waals surface area contributed by atoms with Crippen molar-refractivity contribution in [3.8, 4) is 5.75 Å². The lowest BCUT2D eigenvalue weighted by Gasteiger charge is -2.05. The lowest BCUT2D eigenvalue weighted by Crippen LogP contribution is -2.34. The Morgan fingerprint density at radius 3 is 2.69 bits per heavy atom. The minimum absolute atomic E-state index is 0.160. The summed E-state index contributed by atoms with van der Waals surface area (Å²) in [5.74, 6) is -0.0761. The van der Waals surface area contributed by atoms with E-state index in [1.165, 1.54) is 0 Å². The van der Waals surface area contributed by atoms with Gasteiger partial charge in [0.2, 0.25) is 0 Å². The van der Waals surface area contributed by atoms with Gasteiger partial charge < -0.3 is 10.1 Å². The zero-order valence-corrected chi connectivity index (χ0v) is 14.9. The largest absolute Gasteiger partial charge is 0.497 e. The fourth-order valence-corrected chi connectivity index (χ4v) is 3.23. The number of hydrogen-bond donors (Lipinski definition) is 2. The predicted octanol–water partition coefficient (Wildman–Crippen LogP) is 2.79. The van der Waals surface area contributed by atoms with E-state index in [0.717, 1.165) is 15.6 Å². The topological polar surface area (TPSA) is 79.8 Å². The summed E-state index contributed by atoms with van der Waals surface area (Å²) in [6, 6.07) is 14.6. The van der Waals surface area contributed by atoms with Crippen LogP contribution in [0.1, 0.15) is 15.9 Å². The fraction of sp³-hybridized carbons (Fsp3) is 0.105. The molecule has 3 rings (SSSR count). The highest BCUT2D eigenvalue weighted by Crippen LogP contribution is 2.24. The number of nitrogens with one attached hydrogen (secondary N) is 2. The molecule has 0 fully saturated rings. The minimum Gasteiger partial charge on any atom is -0.497 e. The molecule has 0 saturated heterocycles. The highest BCUT2D eigenvalue weighted by Gasteiger charge is 2.08. The first-order valence-corrected chi connectivity index (χ1v) is 8.76. The van der Waals surface area contributed by atoms with Gasteiger partial charge in [-0.3, -0.25) is 9.59 Å². The maximum atomic E-state index is 12.0. The van der Waals surface area contributed by atoms with Gasteiger partial charge in [0.1, 0.15) is 5.75 Å². The maximum Gasteiger partial charge on any atom is 0.259 e. The van der Waals surface area contributed by atoms with Gasteiger partial charge in [-0.15, -0.1) is 11.3 Å². The SMILES string of the molecule is COc1ccc(C(=O)NCC(=O)NN=Cc2csc3ccccc23)cc1. The van der Waals surface area contributed by atoms with Crippen molar-refractivity contribution in [1.82, 2.24) is 10.7 Å². The molecule has 0 radical (unpaired) electrons.